The van der Waals surface area contributed by atoms with Gasteiger partial charge in [0.1, 0.15) is 0 Å². The average molecular weight is 246 g/mol. The highest BCUT2D eigenvalue weighted by atomic mass is 14.9. The zero-order valence-corrected chi connectivity index (χ0v) is 11.5. The predicted octanol–water partition coefficient (Wildman–Crippen LogP) is 2.38. The average Bonchev–Trinajstić information content (AvgIpc) is 2.45. The molecule has 1 aromatic rings. The summed E-state index contributed by atoms with van der Waals surface area (Å²) in [5.74, 6) is 0.834. The van der Waals surface area contributed by atoms with Crippen LogP contribution in [0.25, 0.3) is 0 Å². The number of aryl methyl sites for hydroxylation is 1. The molecule has 2 heteroatoms. The number of benzene rings is 1. The van der Waals surface area contributed by atoms with Gasteiger partial charge in [-0.1, -0.05) is 31.2 Å². The van der Waals surface area contributed by atoms with Gasteiger partial charge in [0.05, 0.1) is 0 Å². The van der Waals surface area contributed by atoms with Crippen LogP contribution in [0.1, 0.15) is 30.9 Å². The van der Waals surface area contributed by atoms with Crippen LogP contribution >= 0.6 is 0 Å². The Morgan fingerprint density at radius 1 is 1.22 bits per heavy atom. The minimum Gasteiger partial charge on any atom is -0.316 e. The van der Waals surface area contributed by atoms with Crippen LogP contribution in [0.4, 0.5) is 0 Å². The second kappa shape index (κ2) is 7.55. The van der Waals surface area contributed by atoms with Crippen LogP contribution in [0, 0.1) is 5.92 Å². The lowest BCUT2D eigenvalue weighted by atomic mass is 10.00. The second-order valence-electron chi connectivity index (χ2n) is 5.34. The summed E-state index contributed by atoms with van der Waals surface area (Å²) in [5.41, 5.74) is 2.88. The van der Waals surface area contributed by atoms with Crippen molar-refractivity contribution in [3.63, 3.8) is 0 Å². The lowest BCUT2D eigenvalue weighted by Gasteiger charge is -2.22. The summed E-state index contributed by atoms with van der Waals surface area (Å²) in [6, 6.07) is 9.03. The Bertz CT molecular complexity index is 325. The third-order valence-electron chi connectivity index (χ3n) is 3.85. The number of nitrogens with one attached hydrogen (secondary N) is 2. The molecule has 18 heavy (non-hydrogen) atoms. The smallest absolute Gasteiger partial charge is 0.000823 e. The molecule has 1 heterocycles. The van der Waals surface area contributed by atoms with E-state index in [1.54, 1.807) is 0 Å². The highest BCUT2D eigenvalue weighted by molar-refractivity contribution is 5.22. The highest BCUT2D eigenvalue weighted by Gasteiger charge is 2.11. The van der Waals surface area contributed by atoms with E-state index in [1.807, 2.05) is 0 Å². The second-order valence-corrected chi connectivity index (χ2v) is 5.34. The number of rotatable bonds is 6. The summed E-state index contributed by atoms with van der Waals surface area (Å²) >= 11 is 0. The van der Waals surface area contributed by atoms with Gasteiger partial charge >= 0.3 is 0 Å². The normalized spacial score (nSPS) is 19.9. The van der Waals surface area contributed by atoms with Gasteiger partial charge in [0.25, 0.3) is 0 Å². The van der Waals surface area contributed by atoms with Gasteiger partial charge in [0.15, 0.2) is 0 Å². The molecule has 0 spiro atoms. The first-order valence-electron chi connectivity index (χ1n) is 7.37. The van der Waals surface area contributed by atoms with Gasteiger partial charge in [-0.3, -0.25) is 0 Å². The van der Waals surface area contributed by atoms with Crippen molar-refractivity contribution in [1.82, 2.24) is 10.6 Å². The standard InChI is InChI=1S/C16H26N2/c1-2-14-5-7-15(8-6-14)9-11-18-13-16-4-3-10-17-12-16/h5-8,16-18H,2-4,9-13H2,1H3. The first-order chi connectivity index (χ1) is 8.88. The number of hydrogen-bond acceptors (Lipinski definition) is 2. The van der Waals surface area contributed by atoms with Gasteiger partial charge in [-0.2, -0.15) is 0 Å². The molecule has 1 atom stereocenters. The molecule has 1 aliphatic rings. The van der Waals surface area contributed by atoms with Crippen LogP contribution < -0.4 is 10.6 Å². The molecule has 0 saturated carbocycles. The lowest BCUT2D eigenvalue weighted by Crippen LogP contribution is -2.36. The Labute approximate surface area is 111 Å². The molecule has 1 saturated heterocycles. The van der Waals surface area contributed by atoms with Crippen molar-refractivity contribution in [2.75, 3.05) is 26.2 Å². The van der Waals surface area contributed by atoms with E-state index in [0.717, 1.165) is 25.3 Å². The van der Waals surface area contributed by atoms with Crippen LogP contribution in [0.5, 0.6) is 0 Å². The fourth-order valence-electron chi connectivity index (χ4n) is 2.58. The van der Waals surface area contributed by atoms with Gasteiger partial charge in [0.2, 0.25) is 0 Å². The van der Waals surface area contributed by atoms with E-state index in [1.165, 1.54) is 43.6 Å². The molecular weight excluding hydrogens is 220 g/mol. The first-order valence-corrected chi connectivity index (χ1v) is 7.37. The maximum Gasteiger partial charge on any atom is -0.000823 e. The molecular formula is C16H26N2. The fourth-order valence-corrected chi connectivity index (χ4v) is 2.58. The molecule has 0 amide bonds. The molecule has 0 bridgehead atoms. The van der Waals surface area contributed by atoms with Crippen molar-refractivity contribution >= 4 is 0 Å². The summed E-state index contributed by atoms with van der Waals surface area (Å²) in [6.45, 7) is 6.87. The van der Waals surface area contributed by atoms with Crippen molar-refractivity contribution in [3.05, 3.63) is 35.4 Å². The van der Waals surface area contributed by atoms with E-state index in [2.05, 4.69) is 41.8 Å². The van der Waals surface area contributed by atoms with E-state index >= 15 is 0 Å². The maximum atomic E-state index is 3.59. The molecule has 0 radical (unpaired) electrons. The van der Waals surface area contributed by atoms with Crippen LogP contribution in [0.2, 0.25) is 0 Å². The summed E-state index contributed by atoms with van der Waals surface area (Å²) in [4.78, 5) is 0. The molecule has 100 valence electrons. The van der Waals surface area contributed by atoms with E-state index in [9.17, 15) is 0 Å². The van der Waals surface area contributed by atoms with Crippen molar-refractivity contribution in [1.29, 1.82) is 0 Å². The lowest BCUT2D eigenvalue weighted by molar-refractivity contribution is 0.361. The number of hydrogen-bond donors (Lipinski definition) is 2. The van der Waals surface area contributed by atoms with Gasteiger partial charge < -0.3 is 10.6 Å². The van der Waals surface area contributed by atoms with E-state index in [0.29, 0.717) is 0 Å². The zero-order chi connectivity index (χ0) is 12.6. The Morgan fingerprint density at radius 2 is 2.00 bits per heavy atom. The van der Waals surface area contributed by atoms with Gasteiger partial charge in [-0.05, 0) is 68.9 Å². The van der Waals surface area contributed by atoms with Crippen molar-refractivity contribution in [2.24, 2.45) is 5.92 Å². The van der Waals surface area contributed by atoms with Crippen LogP contribution in [0.3, 0.4) is 0 Å². The van der Waals surface area contributed by atoms with Crippen LogP contribution in [0.15, 0.2) is 24.3 Å². The van der Waals surface area contributed by atoms with Gasteiger partial charge in [-0.25, -0.2) is 0 Å². The summed E-state index contributed by atoms with van der Waals surface area (Å²) in [5, 5.41) is 7.06. The van der Waals surface area contributed by atoms with Gasteiger partial charge in [0, 0.05) is 0 Å². The monoisotopic (exact) mass is 246 g/mol. The van der Waals surface area contributed by atoms with Crippen molar-refractivity contribution in [2.45, 2.75) is 32.6 Å². The topological polar surface area (TPSA) is 24.1 Å². The Kier molecular flexibility index (Phi) is 5.69. The minimum atomic E-state index is 0.834. The van der Waals surface area contributed by atoms with Crippen molar-refractivity contribution in [3.8, 4) is 0 Å². The largest absolute Gasteiger partial charge is 0.316 e. The number of piperidine rings is 1. The minimum absolute atomic E-state index is 0.834. The van der Waals surface area contributed by atoms with E-state index in [4.69, 9.17) is 0 Å². The highest BCUT2D eigenvalue weighted by Crippen LogP contribution is 2.08. The molecule has 2 rings (SSSR count). The molecule has 0 aromatic heterocycles. The SMILES string of the molecule is CCc1ccc(CCNCC2CCCNC2)cc1. The third kappa shape index (κ3) is 4.43. The Morgan fingerprint density at radius 3 is 2.67 bits per heavy atom. The molecule has 1 aliphatic heterocycles. The zero-order valence-electron chi connectivity index (χ0n) is 11.5. The molecule has 2 N–H and O–H groups in total. The Balaban J connectivity index is 1.62. The molecule has 1 fully saturated rings. The molecule has 0 aliphatic carbocycles. The summed E-state index contributed by atoms with van der Waals surface area (Å²) < 4.78 is 0. The van der Waals surface area contributed by atoms with E-state index < -0.39 is 0 Å². The van der Waals surface area contributed by atoms with Crippen LogP contribution in [-0.2, 0) is 12.8 Å². The third-order valence-corrected chi connectivity index (χ3v) is 3.85. The van der Waals surface area contributed by atoms with Crippen molar-refractivity contribution < 1.29 is 0 Å². The molecule has 1 aromatic carbocycles. The van der Waals surface area contributed by atoms with Crippen LogP contribution in [-0.4, -0.2) is 26.2 Å². The Hall–Kier alpha value is -0.860. The molecule has 1 unspecified atom stereocenters. The quantitative estimate of drug-likeness (QED) is 0.753. The summed E-state index contributed by atoms with van der Waals surface area (Å²) in [7, 11) is 0. The summed E-state index contributed by atoms with van der Waals surface area (Å²) in [6.07, 6.45) is 4.99. The first kappa shape index (κ1) is 13.6. The maximum absolute atomic E-state index is 3.59. The fraction of sp³-hybridized carbons (Fsp3) is 0.625. The van der Waals surface area contributed by atoms with E-state index in [-0.39, 0.29) is 0 Å². The van der Waals surface area contributed by atoms with Gasteiger partial charge in [-0.15, -0.1) is 0 Å². The molecule has 2 nitrogen and oxygen atoms in total. The predicted molar refractivity (Wildman–Crippen MR) is 78.0 cm³/mol.